The van der Waals surface area contributed by atoms with Gasteiger partial charge in [0.25, 0.3) is 0 Å². The van der Waals surface area contributed by atoms with E-state index in [-0.39, 0.29) is 0 Å². The monoisotopic (exact) mass is 239 g/mol. The van der Waals surface area contributed by atoms with E-state index in [0.29, 0.717) is 11.4 Å². The predicted octanol–water partition coefficient (Wildman–Crippen LogP) is 2.49. The molecule has 0 bridgehead atoms. The minimum absolute atomic E-state index is 0.430. The Bertz CT molecular complexity index is 629. The molecule has 0 amide bonds. The van der Waals surface area contributed by atoms with Crippen molar-refractivity contribution >= 4 is 0 Å². The topological polar surface area (TPSA) is 71.9 Å². The largest absolute Gasteiger partial charge is 0.412 e. The Balaban J connectivity index is 2.66. The van der Waals surface area contributed by atoms with Crippen molar-refractivity contribution in [3.8, 4) is 22.9 Å². The summed E-state index contributed by atoms with van der Waals surface area (Å²) in [5, 5.41) is 9.14. The van der Waals surface area contributed by atoms with E-state index in [1.165, 1.54) is 0 Å². The van der Waals surface area contributed by atoms with Crippen LogP contribution < -0.4 is 10.7 Å². The van der Waals surface area contributed by atoms with Crippen LogP contribution in [-0.2, 0) is 0 Å². The Morgan fingerprint density at radius 2 is 2.00 bits per heavy atom. The average Bonchev–Trinajstić information content (AvgIpc) is 2.39. The van der Waals surface area contributed by atoms with Gasteiger partial charge in [-0.1, -0.05) is 6.07 Å². The van der Waals surface area contributed by atoms with Gasteiger partial charge in [-0.15, -0.1) is 0 Å². The van der Waals surface area contributed by atoms with Crippen LogP contribution in [0.4, 0.5) is 0 Å². The molecule has 0 aliphatic carbocycles. The smallest absolute Gasteiger partial charge is 0.148 e. The molecular formula is C14H13N3O. The Morgan fingerprint density at radius 3 is 2.61 bits per heavy atom. The lowest BCUT2D eigenvalue weighted by molar-refractivity contribution is 0.334. The number of nitrogens with zero attached hydrogens (tertiary/aromatic N) is 2. The molecular weight excluding hydrogens is 226 g/mol. The summed E-state index contributed by atoms with van der Waals surface area (Å²) in [7, 11) is 0. The second-order valence-electron chi connectivity index (χ2n) is 4.06. The lowest BCUT2D eigenvalue weighted by Gasteiger charge is -2.11. The molecule has 0 atom stereocenters. The second-order valence-corrected chi connectivity index (χ2v) is 4.06. The first kappa shape index (κ1) is 12.1. The molecule has 90 valence electrons. The molecule has 4 heteroatoms. The lowest BCUT2D eigenvalue weighted by atomic mass is 9.95. The maximum absolute atomic E-state index is 9.14. The van der Waals surface area contributed by atoms with E-state index in [1.807, 2.05) is 32.0 Å². The van der Waals surface area contributed by atoms with E-state index in [0.717, 1.165) is 22.3 Å². The zero-order valence-electron chi connectivity index (χ0n) is 10.3. The third-order valence-electron chi connectivity index (χ3n) is 2.87. The van der Waals surface area contributed by atoms with Crippen LogP contribution in [0.3, 0.4) is 0 Å². The highest BCUT2D eigenvalue weighted by Crippen LogP contribution is 2.30. The van der Waals surface area contributed by atoms with Gasteiger partial charge in [0.05, 0.1) is 0 Å². The van der Waals surface area contributed by atoms with Crippen molar-refractivity contribution in [1.82, 2.24) is 4.98 Å². The molecule has 1 heterocycles. The van der Waals surface area contributed by atoms with Crippen molar-refractivity contribution < 1.29 is 4.84 Å². The molecule has 0 fully saturated rings. The average molecular weight is 239 g/mol. The molecule has 1 aromatic carbocycles. The summed E-state index contributed by atoms with van der Waals surface area (Å²) >= 11 is 0. The Morgan fingerprint density at radius 1 is 1.22 bits per heavy atom. The van der Waals surface area contributed by atoms with Crippen LogP contribution in [0.25, 0.3) is 11.1 Å². The van der Waals surface area contributed by atoms with E-state index in [1.54, 1.807) is 12.3 Å². The highest BCUT2D eigenvalue weighted by Gasteiger charge is 2.12. The summed E-state index contributed by atoms with van der Waals surface area (Å²) in [6.07, 6.45) is 1.64. The van der Waals surface area contributed by atoms with Gasteiger partial charge in [-0.25, -0.2) is 4.98 Å². The molecule has 2 N–H and O–H groups in total. The minimum atomic E-state index is 0.430. The van der Waals surface area contributed by atoms with Gasteiger partial charge in [-0.2, -0.15) is 11.2 Å². The number of nitrogens with two attached hydrogens (primary N) is 1. The third-order valence-corrected chi connectivity index (χ3v) is 2.87. The predicted molar refractivity (Wildman–Crippen MR) is 68.7 cm³/mol. The van der Waals surface area contributed by atoms with Crippen molar-refractivity contribution in [1.29, 1.82) is 5.26 Å². The van der Waals surface area contributed by atoms with E-state index >= 15 is 0 Å². The Hall–Kier alpha value is -2.38. The van der Waals surface area contributed by atoms with Crippen LogP contribution in [0.1, 0.15) is 16.8 Å². The summed E-state index contributed by atoms with van der Waals surface area (Å²) in [6.45, 7) is 3.91. The van der Waals surface area contributed by atoms with Crippen LogP contribution in [0.15, 0.2) is 30.5 Å². The molecule has 2 aromatic rings. The molecule has 0 saturated heterocycles. The summed E-state index contributed by atoms with van der Waals surface area (Å²) in [6, 6.07) is 9.52. The minimum Gasteiger partial charge on any atom is -0.412 e. The maximum atomic E-state index is 9.14. The first-order valence-electron chi connectivity index (χ1n) is 5.51. The molecule has 0 spiro atoms. The molecule has 1 aromatic heterocycles. The number of aryl methyl sites for hydroxylation is 2. The van der Waals surface area contributed by atoms with E-state index < -0.39 is 0 Å². The summed E-state index contributed by atoms with van der Waals surface area (Å²) in [5.74, 6) is 5.72. The first-order chi connectivity index (χ1) is 8.67. The molecule has 4 nitrogen and oxygen atoms in total. The van der Waals surface area contributed by atoms with Crippen molar-refractivity contribution in [3.63, 3.8) is 0 Å². The van der Waals surface area contributed by atoms with Crippen LogP contribution in [0.2, 0.25) is 0 Å². The lowest BCUT2D eigenvalue weighted by Crippen LogP contribution is -2.02. The van der Waals surface area contributed by atoms with E-state index in [9.17, 15) is 0 Å². The summed E-state index contributed by atoms with van der Waals surface area (Å²) in [5.41, 5.74) is 4.27. The standard InChI is InChI=1S/C14H13N3O/c1-9-5-6-17-13(8-15)14(9)12-4-3-11(18-16)7-10(12)2/h3-7H,16H2,1-2H3. The van der Waals surface area contributed by atoms with Crippen molar-refractivity contribution in [2.75, 3.05) is 0 Å². The van der Waals surface area contributed by atoms with Gasteiger partial charge < -0.3 is 4.84 Å². The van der Waals surface area contributed by atoms with Crippen LogP contribution in [0, 0.1) is 25.2 Å². The molecule has 0 saturated carbocycles. The van der Waals surface area contributed by atoms with Gasteiger partial charge in [0.1, 0.15) is 17.5 Å². The number of pyridine rings is 1. The van der Waals surface area contributed by atoms with Gasteiger partial charge in [0, 0.05) is 11.8 Å². The number of hydrogen-bond acceptors (Lipinski definition) is 4. The fourth-order valence-electron chi connectivity index (χ4n) is 1.97. The highest BCUT2D eigenvalue weighted by molar-refractivity contribution is 5.75. The number of nitriles is 1. The molecule has 0 aliphatic rings. The highest BCUT2D eigenvalue weighted by atomic mass is 16.6. The van der Waals surface area contributed by atoms with Gasteiger partial charge >= 0.3 is 0 Å². The van der Waals surface area contributed by atoms with E-state index in [4.69, 9.17) is 16.0 Å². The van der Waals surface area contributed by atoms with Crippen LogP contribution >= 0.6 is 0 Å². The third kappa shape index (κ3) is 2.04. The normalized spacial score (nSPS) is 9.89. The molecule has 2 rings (SSSR count). The van der Waals surface area contributed by atoms with Crippen LogP contribution in [0.5, 0.6) is 5.75 Å². The van der Waals surface area contributed by atoms with Crippen LogP contribution in [-0.4, -0.2) is 4.98 Å². The maximum Gasteiger partial charge on any atom is 0.148 e. The number of hydrogen-bond donors (Lipinski definition) is 1. The van der Waals surface area contributed by atoms with Gasteiger partial charge in [0.15, 0.2) is 0 Å². The fourth-order valence-corrected chi connectivity index (χ4v) is 1.97. The summed E-state index contributed by atoms with van der Waals surface area (Å²) in [4.78, 5) is 8.79. The van der Waals surface area contributed by atoms with Crippen molar-refractivity contribution in [2.45, 2.75) is 13.8 Å². The summed E-state index contributed by atoms with van der Waals surface area (Å²) < 4.78 is 0. The molecule has 0 unspecified atom stereocenters. The quantitative estimate of drug-likeness (QED) is 0.817. The van der Waals surface area contributed by atoms with E-state index in [2.05, 4.69) is 11.1 Å². The van der Waals surface area contributed by atoms with Gasteiger partial charge in [0.2, 0.25) is 0 Å². The number of rotatable bonds is 2. The molecule has 0 radical (unpaired) electrons. The van der Waals surface area contributed by atoms with Gasteiger partial charge in [-0.05, 0) is 48.7 Å². The van der Waals surface area contributed by atoms with Gasteiger partial charge in [-0.3, -0.25) is 0 Å². The van der Waals surface area contributed by atoms with Crippen molar-refractivity contribution in [3.05, 3.63) is 47.3 Å². The number of aromatic nitrogens is 1. The number of benzene rings is 1. The zero-order chi connectivity index (χ0) is 13.1. The van der Waals surface area contributed by atoms with Crippen molar-refractivity contribution in [2.24, 2.45) is 5.90 Å². The second kappa shape index (κ2) is 4.86. The molecule has 18 heavy (non-hydrogen) atoms. The Kier molecular flexibility index (Phi) is 3.26. The fraction of sp³-hybridized carbons (Fsp3) is 0.143. The zero-order valence-corrected chi connectivity index (χ0v) is 10.3. The molecule has 0 aliphatic heterocycles. The first-order valence-corrected chi connectivity index (χ1v) is 5.51. The Labute approximate surface area is 106 Å². The SMILES string of the molecule is Cc1cc(ON)ccc1-c1c(C)ccnc1C#N.